The minimum absolute atomic E-state index is 0.0187. The highest BCUT2D eigenvalue weighted by Gasteiger charge is 2.31. The van der Waals surface area contributed by atoms with Gasteiger partial charge in [-0.05, 0) is 37.3 Å². The Labute approximate surface area is 140 Å². The van der Waals surface area contributed by atoms with Crippen molar-refractivity contribution in [1.29, 1.82) is 0 Å². The van der Waals surface area contributed by atoms with Gasteiger partial charge in [0.15, 0.2) is 0 Å². The van der Waals surface area contributed by atoms with Crippen LogP contribution in [0.4, 0.5) is 5.69 Å². The average Bonchev–Trinajstić information content (AvgIpc) is 2.88. The number of carbonyl (C=O) groups is 2. The maximum absolute atomic E-state index is 12.2. The summed E-state index contributed by atoms with van der Waals surface area (Å²) in [6, 6.07) is 14.4. The Hall–Kier alpha value is -2.33. The van der Waals surface area contributed by atoms with Gasteiger partial charge in [0.05, 0.1) is 6.04 Å². The van der Waals surface area contributed by atoms with Gasteiger partial charge in [-0.25, -0.2) is 0 Å². The monoisotopic (exact) mass is 328 g/mol. The van der Waals surface area contributed by atoms with Gasteiger partial charge in [-0.3, -0.25) is 9.59 Å². The topological polar surface area (TPSA) is 49.4 Å². The van der Waals surface area contributed by atoms with E-state index in [0.717, 1.165) is 11.3 Å². The molecule has 2 aromatic carbocycles. The number of benzene rings is 2. The predicted octanol–water partition coefficient (Wildman–Crippen LogP) is 3.18. The standard InChI is InChI=1S/C18H17ClN2O2/c1-12-5-7-16(8-6-12)21-11-15(10-17(21)22)20-18(23)13-3-2-4-14(19)9-13/h2-9,15H,10-11H2,1H3,(H,20,23). The summed E-state index contributed by atoms with van der Waals surface area (Å²) >= 11 is 5.90. The molecule has 2 aromatic rings. The Bertz CT molecular complexity index is 743. The molecule has 1 aliphatic rings. The molecule has 0 aromatic heterocycles. The molecule has 23 heavy (non-hydrogen) atoms. The van der Waals surface area contributed by atoms with E-state index in [1.54, 1.807) is 29.2 Å². The van der Waals surface area contributed by atoms with Crippen LogP contribution in [-0.4, -0.2) is 24.4 Å². The number of nitrogens with one attached hydrogen (secondary N) is 1. The third-order valence-corrected chi connectivity index (χ3v) is 4.13. The number of rotatable bonds is 3. The van der Waals surface area contributed by atoms with Crippen LogP contribution in [0.15, 0.2) is 48.5 Å². The maximum atomic E-state index is 12.2. The fraction of sp³-hybridized carbons (Fsp3) is 0.222. The van der Waals surface area contributed by atoms with Crippen molar-refractivity contribution in [2.45, 2.75) is 19.4 Å². The zero-order valence-electron chi connectivity index (χ0n) is 12.8. The lowest BCUT2D eigenvalue weighted by molar-refractivity contribution is -0.117. The van der Waals surface area contributed by atoms with Gasteiger partial charge in [0.2, 0.25) is 5.91 Å². The lowest BCUT2D eigenvalue weighted by atomic mass is 10.2. The van der Waals surface area contributed by atoms with Crippen molar-refractivity contribution in [3.05, 3.63) is 64.7 Å². The highest BCUT2D eigenvalue weighted by molar-refractivity contribution is 6.30. The fourth-order valence-electron chi connectivity index (χ4n) is 2.68. The Morgan fingerprint density at radius 3 is 2.65 bits per heavy atom. The van der Waals surface area contributed by atoms with E-state index in [1.807, 2.05) is 31.2 Å². The molecule has 1 N–H and O–H groups in total. The number of halogens is 1. The Kier molecular flexibility index (Phi) is 4.35. The fourth-order valence-corrected chi connectivity index (χ4v) is 2.87. The Morgan fingerprint density at radius 2 is 1.96 bits per heavy atom. The van der Waals surface area contributed by atoms with Crippen LogP contribution in [0.5, 0.6) is 0 Å². The quantitative estimate of drug-likeness (QED) is 0.940. The second-order valence-corrected chi connectivity index (χ2v) is 6.16. The summed E-state index contributed by atoms with van der Waals surface area (Å²) in [6.07, 6.45) is 0.306. The van der Waals surface area contributed by atoms with Crippen LogP contribution in [-0.2, 0) is 4.79 Å². The molecule has 0 radical (unpaired) electrons. The Morgan fingerprint density at radius 1 is 1.22 bits per heavy atom. The minimum atomic E-state index is -0.212. The first kappa shape index (κ1) is 15.6. The minimum Gasteiger partial charge on any atom is -0.347 e. The first-order valence-corrected chi connectivity index (χ1v) is 7.84. The highest BCUT2D eigenvalue weighted by Crippen LogP contribution is 2.22. The molecule has 1 heterocycles. The molecule has 1 aliphatic heterocycles. The van der Waals surface area contributed by atoms with Gasteiger partial charge in [-0.1, -0.05) is 35.4 Å². The van der Waals surface area contributed by atoms with E-state index < -0.39 is 0 Å². The summed E-state index contributed by atoms with van der Waals surface area (Å²) < 4.78 is 0. The molecule has 0 spiro atoms. The van der Waals surface area contributed by atoms with Crippen LogP contribution in [0.2, 0.25) is 5.02 Å². The van der Waals surface area contributed by atoms with Crippen LogP contribution >= 0.6 is 11.6 Å². The third kappa shape index (κ3) is 3.54. The van der Waals surface area contributed by atoms with Crippen molar-refractivity contribution >= 4 is 29.1 Å². The third-order valence-electron chi connectivity index (χ3n) is 3.89. The molecule has 2 amide bonds. The van der Waals surface area contributed by atoms with Gasteiger partial charge in [0, 0.05) is 29.2 Å². The van der Waals surface area contributed by atoms with Crippen molar-refractivity contribution in [3.8, 4) is 0 Å². The molecule has 5 heteroatoms. The van der Waals surface area contributed by atoms with Crippen molar-refractivity contribution in [3.63, 3.8) is 0 Å². The van der Waals surface area contributed by atoms with Crippen LogP contribution < -0.4 is 10.2 Å². The average molecular weight is 329 g/mol. The second-order valence-electron chi connectivity index (χ2n) is 5.72. The van der Waals surface area contributed by atoms with E-state index >= 15 is 0 Å². The molecule has 0 saturated carbocycles. The van der Waals surface area contributed by atoms with Crippen LogP contribution in [0, 0.1) is 6.92 Å². The summed E-state index contributed by atoms with van der Waals surface area (Å²) in [6.45, 7) is 2.48. The molecule has 4 nitrogen and oxygen atoms in total. The number of aryl methyl sites for hydroxylation is 1. The zero-order valence-corrected chi connectivity index (χ0v) is 13.5. The van der Waals surface area contributed by atoms with Gasteiger partial charge in [0.1, 0.15) is 0 Å². The Balaban J connectivity index is 1.68. The molecule has 1 saturated heterocycles. The molecule has 118 valence electrons. The lowest BCUT2D eigenvalue weighted by Crippen LogP contribution is -2.37. The number of anilines is 1. The van der Waals surface area contributed by atoms with Crippen molar-refractivity contribution in [1.82, 2.24) is 5.32 Å². The van der Waals surface area contributed by atoms with E-state index in [4.69, 9.17) is 11.6 Å². The summed E-state index contributed by atoms with van der Waals surface area (Å²) in [7, 11) is 0. The molecular weight excluding hydrogens is 312 g/mol. The van der Waals surface area contributed by atoms with Gasteiger partial charge < -0.3 is 10.2 Å². The molecule has 3 rings (SSSR count). The predicted molar refractivity (Wildman–Crippen MR) is 90.9 cm³/mol. The summed E-state index contributed by atoms with van der Waals surface area (Å²) in [5.74, 6) is -0.193. The number of nitrogens with zero attached hydrogens (tertiary/aromatic N) is 1. The van der Waals surface area contributed by atoms with Crippen LogP contribution in [0.3, 0.4) is 0 Å². The lowest BCUT2D eigenvalue weighted by Gasteiger charge is -2.17. The number of carbonyl (C=O) groups excluding carboxylic acids is 2. The summed E-state index contributed by atoms with van der Waals surface area (Å²) in [5, 5.41) is 3.42. The van der Waals surface area contributed by atoms with Gasteiger partial charge in [-0.15, -0.1) is 0 Å². The molecule has 0 bridgehead atoms. The molecular formula is C18H17ClN2O2. The number of hydrogen-bond acceptors (Lipinski definition) is 2. The van der Waals surface area contributed by atoms with E-state index in [1.165, 1.54) is 0 Å². The molecule has 1 unspecified atom stereocenters. The normalized spacial score (nSPS) is 17.4. The van der Waals surface area contributed by atoms with E-state index in [0.29, 0.717) is 23.6 Å². The van der Waals surface area contributed by atoms with Crippen LogP contribution in [0.1, 0.15) is 22.3 Å². The first-order valence-electron chi connectivity index (χ1n) is 7.46. The molecule has 0 aliphatic carbocycles. The largest absolute Gasteiger partial charge is 0.347 e. The number of amides is 2. The smallest absolute Gasteiger partial charge is 0.251 e. The van der Waals surface area contributed by atoms with E-state index in [-0.39, 0.29) is 17.9 Å². The van der Waals surface area contributed by atoms with Gasteiger partial charge in [-0.2, -0.15) is 0 Å². The van der Waals surface area contributed by atoms with Crippen molar-refractivity contribution in [2.75, 3.05) is 11.4 Å². The van der Waals surface area contributed by atoms with Crippen molar-refractivity contribution < 1.29 is 9.59 Å². The zero-order chi connectivity index (χ0) is 16.4. The van der Waals surface area contributed by atoms with Gasteiger partial charge in [0.25, 0.3) is 5.91 Å². The highest BCUT2D eigenvalue weighted by atomic mass is 35.5. The second kappa shape index (κ2) is 6.42. The molecule has 1 fully saturated rings. The number of hydrogen-bond donors (Lipinski definition) is 1. The van der Waals surface area contributed by atoms with Crippen LogP contribution in [0.25, 0.3) is 0 Å². The SMILES string of the molecule is Cc1ccc(N2CC(NC(=O)c3cccc(Cl)c3)CC2=O)cc1. The van der Waals surface area contributed by atoms with E-state index in [9.17, 15) is 9.59 Å². The first-order chi connectivity index (χ1) is 11.0. The summed E-state index contributed by atoms with van der Waals surface area (Å²) in [5.41, 5.74) is 2.50. The van der Waals surface area contributed by atoms with Gasteiger partial charge >= 0.3 is 0 Å². The maximum Gasteiger partial charge on any atom is 0.251 e. The molecule has 1 atom stereocenters. The van der Waals surface area contributed by atoms with E-state index in [2.05, 4.69) is 5.32 Å². The summed E-state index contributed by atoms with van der Waals surface area (Å²) in [4.78, 5) is 26.2. The van der Waals surface area contributed by atoms with Crippen molar-refractivity contribution in [2.24, 2.45) is 0 Å².